The Morgan fingerprint density at radius 3 is 2.11 bits per heavy atom. The SMILES string of the molecule is O=C(CN1C(=O)c2cc(Cl)c(Cl)cc2C1=O)NC1CCCCC1C(F)(F)F. The van der Waals surface area contributed by atoms with Crippen molar-refractivity contribution in [1.29, 1.82) is 0 Å². The number of hydrogen-bond donors (Lipinski definition) is 1. The predicted molar refractivity (Wildman–Crippen MR) is 91.8 cm³/mol. The van der Waals surface area contributed by atoms with Crippen molar-refractivity contribution in [3.05, 3.63) is 33.3 Å². The van der Waals surface area contributed by atoms with Crippen molar-refractivity contribution >= 4 is 40.9 Å². The molecular formula is C17H15Cl2F3N2O3. The first-order valence-electron chi connectivity index (χ1n) is 8.31. The molecule has 146 valence electrons. The van der Waals surface area contributed by atoms with Crippen LogP contribution in [0.25, 0.3) is 0 Å². The molecule has 3 rings (SSSR count). The molecule has 2 atom stereocenters. The van der Waals surface area contributed by atoms with Gasteiger partial charge in [-0.25, -0.2) is 0 Å². The van der Waals surface area contributed by atoms with E-state index >= 15 is 0 Å². The van der Waals surface area contributed by atoms with Gasteiger partial charge in [-0.05, 0) is 25.0 Å². The van der Waals surface area contributed by atoms with E-state index in [1.807, 2.05) is 0 Å². The summed E-state index contributed by atoms with van der Waals surface area (Å²) in [6, 6.07) is 1.40. The fourth-order valence-electron chi connectivity index (χ4n) is 3.52. The van der Waals surface area contributed by atoms with Crippen molar-refractivity contribution in [2.45, 2.75) is 37.9 Å². The number of carbonyl (C=O) groups excluding carboxylic acids is 3. The van der Waals surface area contributed by atoms with Gasteiger partial charge < -0.3 is 5.32 Å². The van der Waals surface area contributed by atoms with E-state index in [4.69, 9.17) is 23.2 Å². The number of imide groups is 1. The highest BCUT2D eigenvalue weighted by Crippen LogP contribution is 2.38. The Morgan fingerprint density at radius 2 is 1.59 bits per heavy atom. The molecule has 0 bridgehead atoms. The average molecular weight is 423 g/mol. The van der Waals surface area contributed by atoms with Crippen LogP contribution in [0.5, 0.6) is 0 Å². The minimum Gasteiger partial charge on any atom is -0.351 e. The molecule has 2 unspecified atom stereocenters. The molecule has 1 saturated carbocycles. The van der Waals surface area contributed by atoms with Crippen molar-refractivity contribution < 1.29 is 27.6 Å². The van der Waals surface area contributed by atoms with Crippen LogP contribution in [0.1, 0.15) is 46.4 Å². The van der Waals surface area contributed by atoms with Gasteiger partial charge in [0.1, 0.15) is 6.54 Å². The van der Waals surface area contributed by atoms with Crippen LogP contribution >= 0.6 is 23.2 Å². The highest BCUT2D eigenvalue weighted by Gasteiger charge is 2.46. The minimum absolute atomic E-state index is 0.00744. The maximum atomic E-state index is 13.1. The van der Waals surface area contributed by atoms with Crippen LogP contribution in [0.15, 0.2) is 12.1 Å². The molecule has 10 heteroatoms. The van der Waals surface area contributed by atoms with Crippen LogP contribution in [0.4, 0.5) is 13.2 Å². The van der Waals surface area contributed by atoms with Crippen LogP contribution < -0.4 is 5.32 Å². The van der Waals surface area contributed by atoms with E-state index in [-0.39, 0.29) is 34.0 Å². The molecule has 0 spiro atoms. The molecule has 1 aliphatic heterocycles. The maximum Gasteiger partial charge on any atom is 0.393 e. The van der Waals surface area contributed by atoms with Gasteiger partial charge in [0, 0.05) is 6.04 Å². The van der Waals surface area contributed by atoms with E-state index in [1.165, 1.54) is 12.1 Å². The summed E-state index contributed by atoms with van der Waals surface area (Å²) in [6.45, 7) is -0.664. The van der Waals surface area contributed by atoms with Crippen LogP contribution in [0, 0.1) is 5.92 Å². The first-order valence-corrected chi connectivity index (χ1v) is 9.06. The first-order chi connectivity index (χ1) is 12.6. The topological polar surface area (TPSA) is 66.5 Å². The van der Waals surface area contributed by atoms with E-state index in [0.717, 1.165) is 0 Å². The van der Waals surface area contributed by atoms with Gasteiger partial charge in [-0.2, -0.15) is 13.2 Å². The summed E-state index contributed by atoms with van der Waals surface area (Å²) in [6.07, 6.45) is -3.26. The van der Waals surface area contributed by atoms with E-state index < -0.39 is 42.4 Å². The van der Waals surface area contributed by atoms with Crippen molar-refractivity contribution in [3.8, 4) is 0 Å². The quantitative estimate of drug-likeness (QED) is 0.752. The summed E-state index contributed by atoms with van der Waals surface area (Å²) in [7, 11) is 0. The second-order valence-corrected chi connectivity index (χ2v) is 7.43. The second kappa shape index (κ2) is 7.31. The number of benzene rings is 1. The van der Waals surface area contributed by atoms with Gasteiger partial charge >= 0.3 is 6.18 Å². The van der Waals surface area contributed by atoms with E-state index in [9.17, 15) is 27.6 Å². The third-order valence-corrected chi connectivity index (χ3v) is 5.57. The lowest BCUT2D eigenvalue weighted by Crippen LogP contribution is -2.50. The molecule has 0 radical (unpaired) electrons. The largest absolute Gasteiger partial charge is 0.393 e. The molecule has 0 saturated heterocycles. The molecule has 1 N–H and O–H groups in total. The molecule has 1 heterocycles. The lowest BCUT2D eigenvalue weighted by Gasteiger charge is -2.33. The van der Waals surface area contributed by atoms with Crippen LogP contribution in [0.3, 0.4) is 0 Å². The fourth-order valence-corrected chi connectivity index (χ4v) is 3.85. The molecule has 2 aliphatic rings. The monoisotopic (exact) mass is 422 g/mol. The normalized spacial score (nSPS) is 22.8. The summed E-state index contributed by atoms with van der Waals surface area (Å²) in [5, 5.41) is 2.50. The van der Waals surface area contributed by atoms with Crippen LogP contribution in [0.2, 0.25) is 10.0 Å². The van der Waals surface area contributed by atoms with E-state index in [2.05, 4.69) is 5.32 Å². The number of nitrogens with zero attached hydrogens (tertiary/aromatic N) is 1. The number of carbonyl (C=O) groups is 3. The molecule has 27 heavy (non-hydrogen) atoms. The standard InChI is InChI=1S/C17H15Cl2F3N2O3/c18-11-5-8-9(6-12(11)19)16(27)24(15(8)26)7-14(25)23-13-4-2-1-3-10(13)17(20,21)22/h5-6,10,13H,1-4,7H2,(H,23,25). The Balaban J connectivity index is 1.71. The van der Waals surface area contributed by atoms with Gasteiger partial charge in [0.15, 0.2) is 0 Å². The maximum absolute atomic E-state index is 13.1. The number of rotatable bonds is 3. The molecule has 1 aliphatic carbocycles. The lowest BCUT2D eigenvalue weighted by molar-refractivity contribution is -0.189. The van der Waals surface area contributed by atoms with Gasteiger partial charge in [-0.15, -0.1) is 0 Å². The summed E-state index contributed by atoms with van der Waals surface area (Å²) >= 11 is 11.7. The number of fused-ring (bicyclic) bond motifs is 1. The summed E-state index contributed by atoms with van der Waals surface area (Å²) in [5.74, 6) is -3.92. The molecule has 5 nitrogen and oxygen atoms in total. The van der Waals surface area contributed by atoms with Crippen LogP contribution in [-0.4, -0.2) is 41.4 Å². The number of nitrogens with one attached hydrogen (secondary N) is 1. The molecule has 1 fully saturated rings. The zero-order valence-corrected chi connectivity index (χ0v) is 15.4. The van der Waals surface area contributed by atoms with Crippen molar-refractivity contribution in [2.75, 3.05) is 6.54 Å². The zero-order chi connectivity index (χ0) is 19.9. The number of halogens is 5. The Hall–Kier alpha value is -1.80. The molecule has 1 aromatic carbocycles. The Kier molecular flexibility index (Phi) is 5.40. The van der Waals surface area contributed by atoms with Gasteiger partial charge in [-0.1, -0.05) is 36.0 Å². The number of hydrogen-bond acceptors (Lipinski definition) is 3. The van der Waals surface area contributed by atoms with Crippen molar-refractivity contribution in [2.24, 2.45) is 5.92 Å². The number of alkyl halides is 3. The fraction of sp³-hybridized carbons (Fsp3) is 0.471. The molecule has 1 aromatic rings. The van der Waals surface area contributed by atoms with Gasteiger partial charge in [0.25, 0.3) is 11.8 Å². The third kappa shape index (κ3) is 3.91. The lowest BCUT2D eigenvalue weighted by atomic mass is 9.84. The van der Waals surface area contributed by atoms with Gasteiger partial charge in [0.2, 0.25) is 5.91 Å². The summed E-state index contributed by atoms with van der Waals surface area (Å²) in [4.78, 5) is 37.6. The highest BCUT2D eigenvalue weighted by molar-refractivity contribution is 6.43. The zero-order valence-electron chi connectivity index (χ0n) is 13.9. The molecular weight excluding hydrogens is 408 g/mol. The Morgan fingerprint density at radius 1 is 1.07 bits per heavy atom. The highest BCUT2D eigenvalue weighted by atomic mass is 35.5. The second-order valence-electron chi connectivity index (χ2n) is 6.61. The molecule has 0 aromatic heterocycles. The van der Waals surface area contributed by atoms with E-state index in [0.29, 0.717) is 17.7 Å². The smallest absolute Gasteiger partial charge is 0.351 e. The first kappa shape index (κ1) is 19.9. The van der Waals surface area contributed by atoms with Crippen LogP contribution in [-0.2, 0) is 4.79 Å². The molecule has 3 amide bonds. The van der Waals surface area contributed by atoms with Crippen molar-refractivity contribution in [1.82, 2.24) is 10.2 Å². The Bertz CT molecular complexity index is 772. The number of amides is 3. The Labute approximate surface area is 162 Å². The minimum atomic E-state index is -4.42. The summed E-state index contributed by atoms with van der Waals surface area (Å²) in [5.41, 5.74) is 0.0149. The van der Waals surface area contributed by atoms with Gasteiger partial charge in [-0.3, -0.25) is 19.3 Å². The predicted octanol–water partition coefficient (Wildman–Crippen LogP) is 3.83. The summed E-state index contributed by atoms with van der Waals surface area (Å²) < 4.78 is 39.4. The van der Waals surface area contributed by atoms with Crippen molar-refractivity contribution in [3.63, 3.8) is 0 Å². The third-order valence-electron chi connectivity index (χ3n) is 4.85. The van der Waals surface area contributed by atoms with E-state index in [1.54, 1.807) is 0 Å². The average Bonchev–Trinajstić information content (AvgIpc) is 2.80. The van der Waals surface area contributed by atoms with Gasteiger partial charge in [0.05, 0.1) is 27.1 Å².